The molecule has 0 aliphatic heterocycles. The Hall–Kier alpha value is -1.09. The van der Waals surface area contributed by atoms with Gasteiger partial charge in [0, 0.05) is 33.9 Å². The summed E-state index contributed by atoms with van der Waals surface area (Å²) < 4.78 is 0. The smallest absolute Gasteiger partial charge is 0.314 e. The largest absolute Gasteiger partial charge is 0.481 e. The van der Waals surface area contributed by atoms with Crippen molar-refractivity contribution in [1.29, 1.82) is 0 Å². The molecule has 0 rings (SSSR count). The fraction of sp³-hybridized carbons (Fsp3) is 0.778. The zero-order valence-corrected chi connectivity index (χ0v) is 19.2. The van der Waals surface area contributed by atoms with Gasteiger partial charge in [-0.1, -0.05) is 13.8 Å². The quantitative estimate of drug-likeness (QED) is 0.371. The summed E-state index contributed by atoms with van der Waals surface area (Å²) in [5.41, 5.74) is 0. The number of rotatable bonds is 6. The molecule has 0 saturated carbocycles. The van der Waals surface area contributed by atoms with E-state index < -0.39 is 23.8 Å². The molecule has 0 heterocycles. The topological polar surface area (TPSA) is 149 Å². The second-order valence-corrected chi connectivity index (χ2v) is 6.01. The van der Waals surface area contributed by atoms with E-state index in [9.17, 15) is 19.2 Å². The molecule has 0 amide bonds. The van der Waals surface area contributed by atoms with E-state index in [0.717, 1.165) is 0 Å². The van der Waals surface area contributed by atoms with Crippen molar-refractivity contribution < 1.29 is 61.3 Å². The molecule has 160 valence electrons. The Morgan fingerprint density at radius 2 is 0.815 bits per heavy atom. The number of Topliss-reactive ketones (excluding diaryl/α,β-unsaturated/α-hetero) is 2. The molecule has 0 aromatic rings. The van der Waals surface area contributed by atoms with Crippen LogP contribution < -0.4 is 0 Å². The van der Waals surface area contributed by atoms with Crippen LogP contribution in [0, 0.1) is 11.8 Å². The fourth-order valence-electron chi connectivity index (χ4n) is 1.27. The molecule has 9 heteroatoms. The Labute approximate surface area is 177 Å². The summed E-state index contributed by atoms with van der Waals surface area (Å²) in [7, 11) is 0. The molecule has 0 bridgehead atoms. The van der Waals surface area contributed by atoms with Crippen LogP contribution in [0.15, 0.2) is 0 Å². The Balaban J connectivity index is -0.0000000843. The van der Waals surface area contributed by atoms with E-state index in [2.05, 4.69) is 0 Å². The van der Waals surface area contributed by atoms with Gasteiger partial charge in [0.15, 0.2) is 0 Å². The maximum absolute atomic E-state index is 10.4. The van der Waals surface area contributed by atoms with Crippen LogP contribution in [-0.2, 0) is 40.9 Å². The number of carbonyl (C=O) groups is 4. The molecule has 0 radical (unpaired) electrons. The van der Waals surface area contributed by atoms with Gasteiger partial charge >= 0.3 is 11.9 Å². The van der Waals surface area contributed by atoms with Gasteiger partial charge in [-0.2, -0.15) is 0 Å². The second-order valence-electron chi connectivity index (χ2n) is 6.01. The van der Waals surface area contributed by atoms with Crippen LogP contribution in [0.1, 0.15) is 68.2 Å². The maximum Gasteiger partial charge on any atom is 0.314 e. The van der Waals surface area contributed by atoms with Crippen LogP contribution in [0.4, 0.5) is 0 Å². The summed E-state index contributed by atoms with van der Waals surface area (Å²) in [5, 5.41) is 32.8. The van der Waals surface area contributed by atoms with E-state index in [0.29, 0.717) is 12.8 Å². The van der Waals surface area contributed by atoms with Gasteiger partial charge in [0.25, 0.3) is 0 Å². The summed E-state index contributed by atoms with van der Waals surface area (Å²) >= 11 is 0. The van der Waals surface area contributed by atoms with Gasteiger partial charge in [-0.3, -0.25) is 19.2 Å². The van der Waals surface area contributed by atoms with E-state index in [1.165, 1.54) is 13.8 Å². The van der Waals surface area contributed by atoms with Gasteiger partial charge in [-0.05, 0) is 54.4 Å². The van der Waals surface area contributed by atoms with Crippen molar-refractivity contribution in [2.45, 2.75) is 80.4 Å². The standard InChI is InChI=1S/2C6H10O3.2C3H8O.Ti/c2*1-3-5(4(2)7)6(8)9;2*1-3(2)4;/h2*5H,3H2,1-2H3,(H,8,9);2*3-4H,1-2H3;. The third-order valence-corrected chi connectivity index (χ3v) is 2.39. The van der Waals surface area contributed by atoms with E-state index in [1.54, 1.807) is 41.5 Å². The molecule has 0 saturated heterocycles. The van der Waals surface area contributed by atoms with Crippen LogP contribution in [0.25, 0.3) is 0 Å². The number of carbonyl (C=O) groups excluding carboxylic acids is 2. The van der Waals surface area contributed by atoms with Crippen molar-refractivity contribution in [3.8, 4) is 0 Å². The van der Waals surface area contributed by atoms with E-state index in [4.69, 9.17) is 20.4 Å². The number of ketones is 2. The molecule has 0 fully saturated rings. The van der Waals surface area contributed by atoms with Gasteiger partial charge in [0.05, 0.1) is 0 Å². The molecule has 4 N–H and O–H groups in total. The minimum Gasteiger partial charge on any atom is -0.481 e. The normalized spacial score (nSPS) is 11.1. The van der Waals surface area contributed by atoms with E-state index in [-0.39, 0.29) is 45.5 Å². The summed E-state index contributed by atoms with van der Waals surface area (Å²) in [4.78, 5) is 41.2. The second kappa shape index (κ2) is 23.0. The number of carboxylic acid groups (broad SMARTS) is 2. The minimum absolute atomic E-state index is 0. The first-order valence-corrected chi connectivity index (χ1v) is 8.47. The molecule has 2 unspecified atom stereocenters. The molecule has 8 nitrogen and oxygen atoms in total. The minimum atomic E-state index is -1.02. The molecular formula is C18H36O8Ti. The number of aliphatic carboxylic acids is 2. The van der Waals surface area contributed by atoms with Crippen molar-refractivity contribution in [3.05, 3.63) is 0 Å². The van der Waals surface area contributed by atoms with E-state index in [1.807, 2.05) is 0 Å². The molecule has 0 aliphatic carbocycles. The van der Waals surface area contributed by atoms with Crippen LogP contribution in [0.5, 0.6) is 0 Å². The number of hydrogen-bond donors (Lipinski definition) is 4. The predicted octanol–water partition coefficient (Wildman–Crippen LogP) is 2.14. The zero-order chi connectivity index (χ0) is 22.0. The average molecular weight is 428 g/mol. The summed E-state index contributed by atoms with van der Waals surface area (Å²) in [6.07, 6.45) is 0.426. The monoisotopic (exact) mass is 428 g/mol. The van der Waals surface area contributed by atoms with Crippen LogP contribution in [0.2, 0.25) is 0 Å². The first-order chi connectivity index (χ1) is 11.6. The maximum atomic E-state index is 10.4. The summed E-state index contributed by atoms with van der Waals surface area (Å²) in [6.45, 7) is 12.8. The van der Waals surface area contributed by atoms with Crippen LogP contribution in [0.3, 0.4) is 0 Å². The number of aliphatic hydroxyl groups excluding tert-OH is 2. The van der Waals surface area contributed by atoms with Crippen molar-refractivity contribution in [2.75, 3.05) is 0 Å². The number of aliphatic hydroxyl groups is 2. The zero-order valence-electron chi connectivity index (χ0n) is 17.6. The van der Waals surface area contributed by atoms with Crippen molar-refractivity contribution in [3.63, 3.8) is 0 Å². The first-order valence-electron chi connectivity index (χ1n) is 8.47. The van der Waals surface area contributed by atoms with Gasteiger partial charge in [0.1, 0.15) is 23.4 Å². The van der Waals surface area contributed by atoms with Gasteiger partial charge in [-0.15, -0.1) is 0 Å². The summed E-state index contributed by atoms with van der Waals surface area (Å²) in [5.74, 6) is -4.19. The van der Waals surface area contributed by atoms with Gasteiger partial charge < -0.3 is 20.4 Å². The molecule has 0 aromatic carbocycles. The number of carboxylic acids is 2. The van der Waals surface area contributed by atoms with Crippen molar-refractivity contribution >= 4 is 23.5 Å². The Morgan fingerprint density at radius 1 is 0.667 bits per heavy atom. The molecular weight excluding hydrogens is 392 g/mol. The fourth-order valence-corrected chi connectivity index (χ4v) is 1.27. The third-order valence-electron chi connectivity index (χ3n) is 2.39. The number of hydrogen-bond acceptors (Lipinski definition) is 6. The molecule has 0 aliphatic rings. The Morgan fingerprint density at radius 3 is 0.815 bits per heavy atom. The predicted molar refractivity (Wildman–Crippen MR) is 98.9 cm³/mol. The molecule has 27 heavy (non-hydrogen) atoms. The van der Waals surface area contributed by atoms with Crippen LogP contribution >= 0.6 is 0 Å². The average Bonchev–Trinajstić information content (AvgIpc) is 2.37. The third kappa shape index (κ3) is 36.6. The van der Waals surface area contributed by atoms with Gasteiger partial charge in [0.2, 0.25) is 0 Å². The molecule has 0 spiro atoms. The van der Waals surface area contributed by atoms with E-state index >= 15 is 0 Å². The van der Waals surface area contributed by atoms with Crippen LogP contribution in [-0.4, -0.2) is 56.1 Å². The summed E-state index contributed by atoms with van der Waals surface area (Å²) in [6, 6.07) is 0. The first kappa shape index (κ1) is 36.8. The van der Waals surface area contributed by atoms with Crippen molar-refractivity contribution in [2.24, 2.45) is 11.8 Å². The Bertz CT molecular complexity index is 337. The molecule has 2 atom stereocenters. The Kier molecular flexibility index (Phi) is 31.3. The molecule has 0 aromatic heterocycles. The SMILES string of the molecule is CC(C)O.CC(C)O.CCC(C(C)=O)C(=O)O.CCC(C(C)=O)C(=O)O.[Ti]. The van der Waals surface area contributed by atoms with Crippen molar-refractivity contribution in [1.82, 2.24) is 0 Å². The van der Waals surface area contributed by atoms with Gasteiger partial charge in [-0.25, -0.2) is 0 Å².